The molecule has 0 saturated carbocycles. The van der Waals surface area contributed by atoms with Gasteiger partial charge in [-0.3, -0.25) is 4.99 Å². The third kappa shape index (κ3) is 3.43. The fourth-order valence-corrected chi connectivity index (χ4v) is 1.82. The van der Waals surface area contributed by atoms with Gasteiger partial charge in [-0.1, -0.05) is 19.1 Å². The first-order chi connectivity index (χ1) is 8.79. The van der Waals surface area contributed by atoms with Crippen molar-refractivity contribution in [2.24, 2.45) is 4.99 Å². The monoisotopic (exact) mass is 306 g/mol. The van der Waals surface area contributed by atoms with E-state index in [1.54, 1.807) is 12.5 Å². The lowest BCUT2D eigenvalue weighted by Gasteiger charge is -2.02. The summed E-state index contributed by atoms with van der Waals surface area (Å²) in [6, 6.07) is 8.11. The standard InChI is InChI=1S/C13H15BrN4/c1-2-7-15-9-17-11-5-3-10(4-6-11)12-8-16-13(14)18-12/h3-6,8-9H,2,7H2,1H3,(H,15,17)(H,16,18). The van der Waals surface area contributed by atoms with Crippen LogP contribution >= 0.6 is 15.9 Å². The molecule has 18 heavy (non-hydrogen) atoms. The highest BCUT2D eigenvalue weighted by Crippen LogP contribution is 2.20. The topological polar surface area (TPSA) is 53.1 Å². The van der Waals surface area contributed by atoms with E-state index in [0.29, 0.717) is 0 Å². The molecule has 2 rings (SSSR count). The van der Waals surface area contributed by atoms with Gasteiger partial charge >= 0.3 is 0 Å². The van der Waals surface area contributed by atoms with Crippen LogP contribution < -0.4 is 5.32 Å². The van der Waals surface area contributed by atoms with Crippen LogP contribution in [0.25, 0.3) is 11.3 Å². The smallest absolute Gasteiger partial charge is 0.174 e. The zero-order valence-electron chi connectivity index (χ0n) is 10.2. The van der Waals surface area contributed by atoms with Gasteiger partial charge in [-0.25, -0.2) is 4.98 Å². The van der Waals surface area contributed by atoms with E-state index in [1.807, 2.05) is 24.3 Å². The van der Waals surface area contributed by atoms with E-state index in [1.165, 1.54) is 0 Å². The Hall–Kier alpha value is -1.62. The molecule has 0 atom stereocenters. The summed E-state index contributed by atoms with van der Waals surface area (Å²) < 4.78 is 0.742. The highest BCUT2D eigenvalue weighted by molar-refractivity contribution is 9.10. The molecule has 0 unspecified atom stereocenters. The van der Waals surface area contributed by atoms with Gasteiger partial charge in [0.15, 0.2) is 4.73 Å². The van der Waals surface area contributed by atoms with Gasteiger partial charge < -0.3 is 10.3 Å². The minimum absolute atomic E-state index is 0.742. The van der Waals surface area contributed by atoms with Crippen LogP contribution in [0.1, 0.15) is 13.3 Å². The maximum Gasteiger partial charge on any atom is 0.174 e. The number of hydrogen-bond donors (Lipinski definition) is 2. The Morgan fingerprint density at radius 1 is 1.39 bits per heavy atom. The third-order valence-corrected chi connectivity index (χ3v) is 2.82. The SMILES string of the molecule is CCCN=CNc1ccc(-c2cnc(Br)[nH]2)cc1. The molecule has 0 amide bonds. The number of H-pyrrole nitrogens is 1. The van der Waals surface area contributed by atoms with Crippen LogP contribution in [-0.4, -0.2) is 22.9 Å². The van der Waals surface area contributed by atoms with Gasteiger partial charge in [-0.2, -0.15) is 0 Å². The molecule has 0 saturated heterocycles. The highest BCUT2D eigenvalue weighted by atomic mass is 79.9. The van der Waals surface area contributed by atoms with Crippen molar-refractivity contribution in [1.82, 2.24) is 9.97 Å². The molecule has 4 nitrogen and oxygen atoms in total. The van der Waals surface area contributed by atoms with Gasteiger partial charge in [0.05, 0.1) is 18.2 Å². The fraction of sp³-hybridized carbons (Fsp3) is 0.231. The van der Waals surface area contributed by atoms with Crippen molar-refractivity contribution in [3.63, 3.8) is 0 Å². The van der Waals surface area contributed by atoms with Gasteiger partial charge in [0.25, 0.3) is 0 Å². The molecule has 0 bridgehead atoms. The first-order valence-electron chi connectivity index (χ1n) is 5.85. The minimum Gasteiger partial charge on any atom is -0.347 e. The van der Waals surface area contributed by atoms with Gasteiger partial charge in [-0.05, 0) is 40.0 Å². The van der Waals surface area contributed by atoms with Crippen LogP contribution in [0.3, 0.4) is 0 Å². The maximum atomic E-state index is 4.21. The predicted octanol–water partition coefficient (Wildman–Crippen LogP) is 3.69. The summed E-state index contributed by atoms with van der Waals surface area (Å²) in [5.41, 5.74) is 3.12. The summed E-state index contributed by atoms with van der Waals surface area (Å²) in [6.07, 6.45) is 4.60. The van der Waals surface area contributed by atoms with Crippen LogP contribution in [0.15, 0.2) is 40.2 Å². The summed E-state index contributed by atoms with van der Waals surface area (Å²) in [5, 5.41) is 3.14. The lowest BCUT2D eigenvalue weighted by Crippen LogP contribution is -1.95. The molecule has 1 aromatic carbocycles. The average Bonchev–Trinajstić information content (AvgIpc) is 2.82. The van der Waals surface area contributed by atoms with Crippen molar-refractivity contribution >= 4 is 28.0 Å². The largest absolute Gasteiger partial charge is 0.347 e. The quantitative estimate of drug-likeness (QED) is 0.654. The van der Waals surface area contributed by atoms with Crippen LogP contribution in [-0.2, 0) is 0 Å². The first-order valence-corrected chi connectivity index (χ1v) is 6.64. The Morgan fingerprint density at radius 2 is 2.17 bits per heavy atom. The molecule has 0 spiro atoms. The summed E-state index contributed by atoms with van der Waals surface area (Å²) in [5.74, 6) is 0. The number of nitrogens with one attached hydrogen (secondary N) is 2. The number of rotatable bonds is 5. The van der Waals surface area contributed by atoms with Crippen LogP contribution in [0.4, 0.5) is 5.69 Å². The van der Waals surface area contributed by atoms with Crippen molar-refractivity contribution in [2.45, 2.75) is 13.3 Å². The minimum atomic E-state index is 0.742. The van der Waals surface area contributed by atoms with E-state index in [2.05, 4.69) is 43.1 Å². The number of aromatic amines is 1. The Balaban J connectivity index is 2.01. The second-order valence-corrected chi connectivity index (χ2v) is 4.60. The fourth-order valence-electron chi connectivity index (χ4n) is 1.50. The molecule has 0 radical (unpaired) electrons. The Kier molecular flexibility index (Phi) is 4.52. The number of aliphatic imine (C=N–C) groups is 1. The summed E-state index contributed by atoms with van der Waals surface area (Å²) >= 11 is 3.30. The third-order valence-electron chi connectivity index (χ3n) is 2.42. The Bertz CT molecular complexity index is 516. The van der Waals surface area contributed by atoms with E-state index in [9.17, 15) is 0 Å². The van der Waals surface area contributed by atoms with E-state index < -0.39 is 0 Å². The van der Waals surface area contributed by atoms with E-state index in [0.717, 1.165) is 34.6 Å². The second-order valence-electron chi connectivity index (χ2n) is 3.84. The van der Waals surface area contributed by atoms with E-state index >= 15 is 0 Å². The number of anilines is 1. The van der Waals surface area contributed by atoms with Crippen LogP contribution in [0, 0.1) is 0 Å². The van der Waals surface area contributed by atoms with Crippen LogP contribution in [0.2, 0.25) is 0 Å². The molecule has 0 fully saturated rings. The van der Waals surface area contributed by atoms with Crippen molar-refractivity contribution in [1.29, 1.82) is 0 Å². The lowest BCUT2D eigenvalue weighted by atomic mass is 10.1. The molecule has 0 aliphatic heterocycles. The van der Waals surface area contributed by atoms with Crippen molar-refractivity contribution in [2.75, 3.05) is 11.9 Å². The first kappa shape index (κ1) is 12.8. The van der Waals surface area contributed by atoms with Gasteiger partial charge in [0.1, 0.15) is 0 Å². The van der Waals surface area contributed by atoms with Gasteiger partial charge in [0, 0.05) is 12.2 Å². The lowest BCUT2D eigenvalue weighted by molar-refractivity contribution is 0.936. The zero-order chi connectivity index (χ0) is 12.8. The zero-order valence-corrected chi connectivity index (χ0v) is 11.7. The molecule has 2 N–H and O–H groups in total. The molecule has 1 heterocycles. The Morgan fingerprint density at radius 3 is 2.78 bits per heavy atom. The van der Waals surface area contributed by atoms with Gasteiger partial charge in [-0.15, -0.1) is 0 Å². The highest BCUT2D eigenvalue weighted by Gasteiger charge is 2.00. The maximum absolute atomic E-state index is 4.21. The molecular formula is C13H15BrN4. The molecule has 0 aliphatic carbocycles. The normalized spacial score (nSPS) is 11.0. The number of nitrogens with zero attached hydrogens (tertiary/aromatic N) is 2. The van der Waals surface area contributed by atoms with Crippen molar-refractivity contribution in [3.8, 4) is 11.3 Å². The summed E-state index contributed by atoms with van der Waals surface area (Å²) in [4.78, 5) is 11.5. The molecule has 5 heteroatoms. The number of benzene rings is 1. The molecule has 0 aliphatic rings. The summed E-state index contributed by atoms with van der Waals surface area (Å²) in [7, 11) is 0. The van der Waals surface area contributed by atoms with E-state index in [-0.39, 0.29) is 0 Å². The predicted molar refractivity (Wildman–Crippen MR) is 79.0 cm³/mol. The number of imidazole rings is 1. The van der Waals surface area contributed by atoms with Crippen molar-refractivity contribution < 1.29 is 0 Å². The molecule has 2 aromatic rings. The molecule has 94 valence electrons. The Labute approximate surface area is 115 Å². The molecular weight excluding hydrogens is 292 g/mol. The second kappa shape index (κ2) is 6.35. The van der Waals surface area contributed by atoms with Crippen molar-refractivity contribution in [3.05, 3.63) is 35.2 Å². The average molecular weight is 307 g/mol. The number of aromatic nitrogens is 2. The summed E-state index contributed by atoms with van der Waals surface area (Å²) in [6.45, 7) is 2.96. The van der Waals surface area contributed by atoms with Gasteiger partial charge in [0.2, 0.25) is 0 Å². The number of halogens is 1. The van der Waals surface area contributed by atoms with Crippen LogP contribution in [0.5, 0.6) is 0 Å². The van der Waals surface area contributed by atoms with E-state index in [4.69, 9.17) is 0 Å². The molecule has 1 aromatic heterocycles. The number of hydrogen-bond acceptors (Lipinski definition) is 2.